The van der Waals surface area contributed by atoms with Gasteiger partial charge in [-0.3, -0.25) is 10.1 Å². The first-order chi connectivity index (χ1) is 11.2. The van der Waals surface area contributed by atoms with Crippen LogP contribution in [0.15, 0.2) is 54.6 Å². The Morgan fingerprint density at radius 2 is 1.61 bits per heavy atom. The van der Waals surface area contributed by atoms with Gasteiger partial charge in [0.1, 0.15) is 5.75 Å². The number of carbonyl (C=O) groups excluding carboxylic acids is 2. The average molecular weight is 310 g/mol. The number of hydrogen-bond acceptors (Lipinski definition) is 3. The Balaban J connectivity index is 1.48. The lowest BCUT2D eigenvalue weighted by atomic mass is 10.1. The van der Waals surface area contributed by atoms with Gasteiger partial charge < -0.3 is 10.1 Å². The summed E-state index contributed by atoms with van der Waals surface area (Å²) in [5.41, 5.74) is 2.19. The van der Waals surface area contributed by atoms with Crippen molar-refractivity contribution in [1.29, 1.82) is 0 Å². The lowest BCUT2D eigenvalue weighted by Gasteiger charge is -2.08. The second-order valence-electron chi connectivity index (χ2n) is 5.47. The standard InChI is InChI=1S/C18H18N2O3/c21-17(20-18(22)19-15-8-9-15)12-23-16-10-6-14(7-11-16)13-4-2-1-3-5-13/h1-7,10-11,15H,8-9,12H2,(H2,19,20,21,22). The third-order valence-electron chi connectivity index (χ3n) is 3.50. The predicted octanol–water partition coefficient (Wildman–Crippen LogP) is 2.72. The van der Waals surface area contributed by atoms with E-state index in [4.69, 9.17) is 4.74 Å². The maximum absolute atomic E-state index is 11.6. The van der Waals surface area contributed by atoms with Crippen molar-refractivity contribution < 1.29 is 14.3 Å². The molecular formula is C18H18N2O3. The van der Waals surface area contributed by atoms with E-state index in [9.17, 15) is 9.59 Å². The SMILES string of the molecule is O=C(COc1ccc(-c2ccccc2)cc1)NC(=O)NC1CC1. The zero-order chi connectivity index (χ0) is 16.1. The first-order valence-corrected chi connectivity index (χ1v) is 7.59. The Morgan fingerprint density at radius 3 is 2.26 bits per heavy atom. The van der Waals surface area contributed by atoms with Crippen molar-refractivity contribution in [3.05, 3.63) is 54.6 Å². The van der Waals surface area contributed by atoms with E-state index in [0.717, 1.165) is 24.0 Å². The van der Waals surface area contributed by atoms with Crippen molar-refractivity contribution >= 4 is 11.9 Å². The quantitative estimate of drug-likeness (QED) is 0.892. The molecule has 2 N–H and O–H groups in total. The zero-order valence-corrected chi connectivity index (χ0v) is 12.6. The van der Waals surface area contributed by atoms with Gasteiger partial charge in [0, 0.05) is 6.04 Å². The van der Waals surface area contributed by atoms with Crippen LogP contribution in [0.5, 0.6) is 5.75 Å². The molecule has 2 aromatic carbocycles. The summed E-state index contributed by atoms with van der Waals surface area (Å²) >= 11 is 0. The number of imide groups is 1. The summed E-state index contributed by atoms with van der Waals surface area (Å²) in [4.78, 5) is 23.0. The molecule has 3 rings (SSSR count). The number of amides is 3. The maximum atomic E-state index is 11.6. The molecule has 0 aromatic heterocycles. The number of nitrogens with one attached hydrogen (secondary N) is 2. The van der Waals surface area contributed by atoms with Gasteiger partial charge in [0.15, 0.2) is 6.61 Å². The van der Waals surface area contributed by atoms with Gasteiger partial charge in [-0.05, 0) is 36.1 Å². The number of carbonyl (C=O) groups is 2. The van der Waals surface area contributed by atoms with E-state index in [1.54, 1.807) is 12.1 Å². The van der Waals surface area contributed by atoms with E-state index in [-0.39, 0.29) is 12.6 Å². The maximum Gasteiger partial charge on any atom is 0.321 e. The number of hydrogen-bond donors (Lipinski definition) is 2. The van der Waals surface area contributed by atoms with E-state index in [2.05, 4.69) is 10.6 Å². The molecule has 0 heterocycles. The summed E-state index contributed by atoms with van der Waals surface area (Å²) in [7, 11) is 0. The second kappa shape index (κ2) is 6.96. The minimum absolute atomic E-state index is 0.192. The van der Waals surface area contributed by atoms with E-state index >= 15 is 0 Å². The molecule has 5 nitrogen and oxygen atoms in total. The van der Waals surface area contributed by atoms with E-state index in [1.807, 2.05) is 42.5 Å². The zero-order valence-electron chi connectivity index (χ0n) is 12.6. The topological polar surface area (TPSA) is 67.4 Å². The van der Waals surface area contributed by atoms with Gasteiger partial charge in [-0.1, -0.05) is 42.5 Å². The van der Waals surface area contributed by atoms with Crippen LogP contribution in [0.1, 0.15) is 12.8 Å². The van der Waals surface area contributed by atoms with E-state index < -0.39 is 11.9 Å². The minimum Gasteiger partial charge on any atom is -0.484 e. The molecule has 0 unspecified atom stereocenters. The molecule has 1 fully saturated rings. The lowest BCUT2D eigenvalue weighted by molar-refractivity contribution is -0.122. The Bertz CT molecular complexity index is 679. The molecule has 0 spiro atoms. The van der Waals surface area contributed by atoms with Gasteiger partial charge in [-0.2, -0.15) is 0 Å². The molecule has 2 aromatic rings. The molecule has 0 aliphatic heterocycles. The van der Waals surface area contributed by atoms with Crippen LogP contribution in [-0.2, 0) is 4.79 Å². The van der Waals surface area contributed by atoms with Gasteiger partial charge >= 0.3 is 6.03 Å². The molecule has 118 valence electrons. The van der Waals surface area contributed by atoms with E-state index in [1.165, 1.54) is 0 Å². The fourth-order valence-corrected chi connectivity index (χ4v) is 2.13. The van der Waals surface area contributed by atoms with Gasteiger partial charge in [0.25, 0.3) is 5.91 Å². The highest BCUT2D eigenvalue weighted by Crippen LogP contribution is 2.22. The highest BCUT2D eigenvalue weighted by atomic mass is 16.5. The van der Waals surface area contributed by atoms with Gasteiger partial charge in [0.05, 0.1) is 0 Å². The van der Waals surface area contributed by atoms with Crippen molar-refractivity contribution in [2.75, 3.05) is 6.61 Å². The molecule has 23 heavy (non-hydrogen) atoms. The number of benzene rings is 2. The van der Waals surface area contributed by atoms with Crippen molar-refractivity contribution in [3.8, 4) is 16.9 Å². The average Bonchev–Trinajstić information content (AvgIpc) is 3.38. The molecule has 0 radical (unpaired) electrons. The highest BCUT2D eigenvalue weighted by Gasteiger charge is 2.23. The second-order valence-corrected chi connectivity index (χ2v) is 5.47. The molecule has 1 aliphatic rings. The Labute approximate surface area is 134 Å². The minimum atomic E-state index is -0.463. The summed E-state index contributed by atoms with van der Waals surface area (Å²) in [6.45, 7) is -0.192. The fourth-order valence-electron chi connectivity index (χ4n) is 2.13. The van der Waals surface area contributed by atoms with Crippen LogP contribution in [0, 0.1) is 0 Å². The first-order valence-electron chi connectivity index (χ1n) is 7.59. The summed E-state index contributed by atoms with van der Waals surface area (Å²) in [5.74, 6) is 0.123. The largest absolute Gasteiger partial charge is 0.484 e. The van der Waals surface area contributed by atoms with Gasteiger partial charge in [-0.15, -0.1) is 0 Å². The molecule has 5 heteroatoms. The third kappa shape index (κ3) is 4.57. The fraction of sp³-hybridized carbons (Fsp3) is 0.222. The summed E-state index contributed by atoms with van der Waals surface area (Å²) in [6, 6.07) is 17.2. The van der Waals surface area contributed by atoms with Crippen LogP contribution < -0.4 is 15.4 Å². The Morgan fingerprint density at radius 1 is 0.957 bits per heavy atom. The molecule has 0 saturated heterocycles. The van der Waals surface area contributed by atoms with Crippen molar-refractivity contribution in [1.82, 2.24) is 10.6 Å². The predicted molar refractivity (Wildman–Crippen MR) is 87.1 cm³/mol. The van der Waals surface area contributed by atoms with Crippen LogP contribution in [-0.4, -0.2) is 24.6 Å². The summed E-state index contributed by atoms with van der Waals surface area (Å²) in [6.07, 6.45) is 1.96. The smallest absolute Gasteiger partial charge is 0.321 e. The summed E-state index contributed by atoms with van der Waals surface area (Å²) in [5, 5.41) is 4.93. The van der Waals surface area contributed by atoms with Crippen LogP contribution in [0.25, 0.3) is 11.1 Å². The molecule has 0 atom stereocenters. The van der Waals surface area contributed by atoms with Crippen LogP contribution in [0.2, 0.25) is 0 Å². The third-order valence-corrected chi connectivity index (χ3v) is 3.50. The van der Waals surface area contributed by atoms with Crippen LogP contribution in [0.3, 0.4) is 0 Å². The number of rotatable bonds is 5. The summed E-state index contributed by atoms with van der Waals surface area (Å²) < 4.78 is 5.39. The van der Waals surface area contributed by atoms with Crippen molar-refractivity contribution in [2.45, 2.75) is 18.9 Å². The van der Waals surface area contributed by atoms with Gasteiger partial charge in [0.2, 0.25) is 0 Å². The molecule has 0 bridgehead atoms. The normalized spacial score (nSPS) is 13.2. The van der Waals surface area contributed by atoms with E-state index in [0.29, 0.717) is 5.75 Å². The van der Waals surface area contributed by atoms with Crippen LogP contribution in [0.4, 0.5) is 4.79 Å². The first kappa shape index (κ1) is 15.1. The van der Waals surface area contributed by atoms with Crippen molar-refractivity contribution in [2.24, 2.45) is 0 Å². The van der Waals surface area contributed by atoms with Gasteiger partial charge in [-0.25, -0.2) is 4.79 Å². The lowest BCUT2D eigenvalue weighted by Crippen LogP contribution is -2.42. The van der Waals surface area contributed by atoms with Crippen LogP contribution >= 0.6 is 0 Å². The monoisotopic (exact) mass is 310 g/mol. The number of ether oxygens (including phenoxy) is 1. The molecular weight excluding hydrogens is 292 g/mol. The molecule has 3 amide bonds. The Kier molecular flexibility index (Phi) is 4.57. The van der Waals surface area contributed by atoms with Crippen molar-refractivity contribution in [3.63, 3.8) is 0 Å². The molecule has 1 aliphatic carbocycles. The highest BCUT2D eigenvalue weighted by molar-refractivity contribution is 5.95. The molecule has 1 saturated carbocycles. The number of urea groups is 1. The Hall–Kier alpha value is -2.82.